The fraction of sp³-hybridized carbons (Fsp3) is 0.263. The van der Waals surface area contributed by atoms with Gasteiger partial charge in [0.25, 0.3) is 0 Å². The van der Waals surface area contributed by atoms with Crippen LogP contribution in [-0.2, 0) is 5.54 Å². The average molecular weight is 378 g/mol. The average Bonchev–Trinajstić information content (AvgIpc) is 2.61. The zero-order valence-electron chi connectivity index (χ0n) is 13.9. The van der Waals surface area contributed by atoms with E-state index in [9.17, 15) is 13.2 Å². The first-order valence-electron chi connectivity index (χ1n) is 7.98. The van der Waals surface area contributed by atoms with E-state index in [4.69, 9.17) is 16.9 Å². The number of fused-ring (bicyclic) bond motifs is 1. The van der Waals surface area contributed by atoms with Crippen molar-refractivity contribution in [3.8, 4) is 6.07 Å². The molecule has 0 spiro atoms. The number of rotatable bonds is 3. The summed E-state index contributed by atoms with van der Waals surface area (Å²) < 4.78 is 39.7. The van der Waals surface area contributed by atoms with Gasteiger partial charge in [-0.25, -0.2) is 4.99 Å². The quantitative estimate of drug-likeness (QED) is 0.718. The first kappa shape index (κ1) is 18.3. The molecule has 3 rings (SSSR count). The normalized spacial score (nSPS) is 19.2. The molecule has 0 saturated heterocycles. The van der Waals surface area contributed by atoms with Gasteiger partial charge in [0.1, 0.15) is 6.54 Å². The van der Waals surface area contributed by atoms with E-state index in [0.29, 0.717) is 33.8 Å². The number of hydrogen-bond donors (Lipinski definition) is 0. The molecule has 7 heteroatoms. The van der Waals surface area contributed by atoms with Gasteiger partial charge < -0.3 is 4.90 Å². The van der Waals surface area contributed by atoms with Crippen LogP contribution in [0, 0.1) is 11.3 Å². The van der Waals surface area contributed by atoms with E-state index in [2.05, 4.69) is 4.99 Å². The Labute approximate surface area is 154 Å². The van der Waals surface area contributed by atoms with Crippen LogP contribution in [0.15, 0.2) is 47.5 Å². The molecule has 0 fully saturated rings. The molecule has 2 aromatic carbocycles. The van der Waals surface area contributed by atoms with E-state index in [1.807, 2.05) is 13.0 Å². The summed E-state index contributed by atoms with van der Waals surface area (Å²) in [6.45, 7) is 0.682. The highest BCUT2D eigenvalue weighted by Gasteiger charge is 2.45. The Balaban J connectivity index is 2.25. The zero-order chi connectivity index (χ0) is 18.9. The highest BCUT2D eigenvalue weighted by molar-refractivity contribution is 6.30. The SMILES string of the molecule is CCC1(c2ccc(C#N)cc2)c2cc(Cl)ccc2N=CN1CC(F)(F)F. The van der Waals surface area contributed by atoms with E-state index >= 15 is 0 Å². The van der Waals surface area contributed by atoms with Crippen molar-refractivity contribution in [1.29, 1.82) is 5.26 Å². The summed E-state index contributed by atoms with van der Waals surface area (Å²) in [4.78, 5) is 5.39. The number of benzene rings is 2. The first-order valence-corrected chi connectivity index (χ1v) is 8.36. The largest absolute Gasteiger partial charge is 0.405 e. The summed E-state index contributed by atoms with van der Waals surface area (Å²) in [5.41, 5.74) is 1.21. The Morgan fingerprint density at radius 2 is 1.88 bits per heavy atom. The van der Waals surface area contributed by atoms with Gasteiger partial charge in [0.2, 0.25) is 0 Å². The van der Waals surface area contributed by atoms with Crippen LogP contribution in [0.4, 0.5) is 18.9 Å². The molecule has 1 aliphatic rings. The fourth-order valence-corrected chi connectivity index (χ4v) is 3.62. The molecule has 1 unspecified atom stereocenters. The first-order chi connectivity index (χ1) is 12.3. The molecule has 1 atom stereocenters. The van der Waals surface area contributed by atoms with Crippen molar-refractivity contribution >= 4 is 23.6 Å². The third-order valence-corrected chi connectivity index (χ3v) is 4.82. The fourth-order valence-electron chi connectivity index (χ4n) is 3.45. The molecule has 0 N–H and O–H groups in total. The van der Waals surface area contributed by atoms with E-state index < -0.39 is 18.3 Å². The van der Waals surface area contributed by atoms with Crippen LogP contribution in [0.25, 0.3) is 0 Å². The molecule has 0 bridgehead atoms. The standard InChI is InChI=1S/C19H15ClF3N3/c1-2-18(14-5-3-13(10-24)4-6-14)16-9-15(20)7-8-17(16)25-12-26(18)11-19(21,22)23/h3-9,12H,2,11H2,1H3. The molecular formula is C19H15ClF3N3. The molecule has 0 radical (unpaired) electrons. The molecular weight excluding hydrogens is 363 g/mol. The third-order valence-electron chi connectivity index (χ3n) is 4.58. The summed E-state index contributed by atoms with van der Waals surface area (Å²) in [5.74, 6) is 0. The monoisotopic (exact) mass is 377 g/mol. The molecule has 3 nitrogen and oxygen atoms in total. The molecule has 1 heterocycles. The van der Waals surface area contributed by atoms with Crippen LogP contribution >= 0.6 is 11.6 Å². The predicted molar refractivity (Wildman–Crippen MR) is 94.6 cm³/mol. The Kier molecular flexibility index (Phi) is 4.68. The minimum atomic E-state index is -4.39. The van der Waals surface area contributed by atoms with E-state index in [0.717, 1.165) is 0 Å². The molecule has 2 aromatic rings. The number of hydrogen-bond acceptors (Lipinski definition) is 3. The highest BCUT2D eigenvalue weighted by Crippen LogP contribution is 2.47. The number of nitrogens with zero attached hydrogens (tertiary/aromatic N) is 3. The maximum Gasteiger partial charge on any atom is 0.405 e. The van der Waals surface area contributed by atoms with Crippen molar-refractivity contribution in [1.82, 2.24) is 4.90 Å². The highest BCUT2D eigenvalue weighted by atomic mass is 35.5. The van der Waals surface area contributed by atoms with Gasteiger partial charge in [-0.1, -0.05) is 30.7 Å². The molecule has 0 aliphatic carbocycles. The lowest BCUT2D eigenvalue weighted by atomic mass is 9.77. The molecule has 26 heavy (non-hydrogen) atoms. The number of alkyl halides is 3. The van der Waals surface area contributed by atoms with Gasteiger partial charge in [0, 0.05) is 10.6 Å². The second-order valence-electron chi connectivity index (χ2n) is 6.05. The Bertz CT molecular complexity index is 884. The van der Waals surface area contributed by atoms with E-state index in [1.165, 1.54) is 11.2 Å². The lowest BCUT2D eigenvalue weighted by molar-refractivity contribution is -0.145. The summed E-state index contributed by atoms with van der Waals surface area (Å²) in [6, 6.07) is 13.6. The van der Waals surface area contributed by atoms with Gasteiger partial charge in [-0.2, -0.15) is 18.4 Å². The van der Waals surface area contributed by atoms with Crippen LogP contribution < -0.4 is 0 Å². The zero-order valence-corrected chi connectivity index (χ0v) is 14.6. The van der Waals surface area contributed by atoms with Crippen molar-refractivity contribution < 1.29 is 13.2 Å². The topological polar surface area (TPSA) is 39.4 Å². The van der Waals surface area contributed by atoms with Gasteiger partial charge in [-0.15, -0.1) is 0 Å². The van der Waals surface area contributed by atoms with E-state index in [-0.39, 0.29) is 0 Å². The van der Waals surface area contributed by atoms with Crippen molar-refractivity contribution in [2.75, 3.05) is 6.54 Å². The summed E-state index contributed by atoms with van der Waals surface area (Å²) >= 11 is 6.14. The molecule has 1 aliphatic heterocycles. The maximum absolute atomic E-state index is 13.2. The minimum absolute atomic E-state index is 0.369. The third kappa shape index (κ3) is 3.15. The maximum atomic E-state index is 13.2. The van der Waals surface area contributed by atoms with Gasteiger partial charge in [-0.05, 0) is 42.3 Å². The van der Waals surface area contributed by atoms with Gasteiger partial charge in [0.05, 0.1) is 29.2 Å². The summed E-state index contributed by atoms with van der Waals surface area (Å²) in [7, 11) is 0. The molecule has 0 aromatic heterocycles. The van der Waals surface area contributed by atoms with Gasteiger partial charge in [0.15, 0.2) is 0 Å². The van der Waals surface area contributed by atoms with Crippen LogP contribution in [-0.4, -0.2) is 24.0 Å². The Morgan fingerprint density at radius 1 is 1.19 bits per heavy atom. The Hall–Kier alpha value is -2.52. The molecule has 134 valence electrons. The second kappa shape index (κ2) is 6.65. The van der Waals surface area contributed by atoms with E-state index in [1.54, 1.807) is 42.5 Å². The van der Waals surface area contributed by atoms with Crippen molar-refractivity contribution in [2.24, 2.45) is 4.99 Å². The van der Waals surface area contributed by atoms with Crippen LogP contribution in [0.3, 0.4) is 0 Å². The lowest BCUT2D eigenvalue weighted by Crippen LogP contribution is -2.51. The predicted octanol–water partition coefficient (Wildman–Crippen LogP) is 5.40. The van der Waals surface area contributed by atoms with Gasteiger partial charge >= 0.3 is 6.18 Å². The summed E-state index contributed by atoms with van der Waals surface area (Å²) in [6.07, 6.45) is -2.78. The second-order valence-corrected chi connectivity index (χ2v) is 6.49. The van der Waals surface area contributed by atoms with Crippen molar-refractivity contribution in [2.45, 2.75) is 25.1 Å². The van der Waals surface area contributed by atoms with Crippen LogP contribution in [0.1, 0.15) is 30.0 Å². The molecule has 0 saturated carbocycles. The van der Waals surface area contributed by atoms with Crippen LogP contribution in [0.2, 0.25) is 5.02 Å². The Morgan fingerprint density at radius 3 is 2.46 bits per heavy atom. The lowest BCUT2D eigenvalue weighted by Gasteiger charge is -2.46. The number of nitriles is 1. The smallest absolute Gasteiger partial charge is 0.340 e. The van der Waals surface area contributed by atoms with Crippen molar-refractivity contribution in [3.63, 3.8) is 0 Å². The van der Waals surface area contributed by atoms with Crippen molar-refractivity contribution in [3.05, 3.63) is 64.2 Å². The minimum Gasteiger partial charge on any atom is -0.340 e. The number of aliphatic imine (C=N–C) groups is 1. The molecule has 0 amide bonds. The number of halogens is 4. The van der Waals surface area contributed by atoms with Gasteiger partial charge in [-0.3, -0.25) is 0 Å². The van der Waals surface area contributed by atoms with Crippen LogP contribution in [0.5, 0.6) is 0 Å². The summed E-state index contributed by atoms with van der Waals surface area (Å²) in [5, 5.41) is 9.44.